The number of aryl methyl sites for hydroxylation is 2. The van der Waals surface area contributed by atoms with Crippen LogP contribution in [0.5, 0.6) is 0 Å². The lowest BCUT2D eigenvalue weighted by molar-refractivity contribution is -0.659. The molecule has 0 saturated heterocycles. The molecule has 4 fully saturated rings. The van der Waals surface area contributed by atoms with Crippen LogP contribution in [-0.2, 0) is 12.5 Å². The Bertz CT molecular complexity index is 1180. The quantitative estimate of drug-likeness (QED) is 0.382. The van der Waals surface area contributed by atoms with E-state index in [4.69, 9.17) is 0 Å². The minimum atomic E-state index is 0.463. The monoisotopic (exact) mass is 424 g/mol. The Labute approximate surface area is 193 Å². The number of pyridine rings is 1. The van der Waals surface area contributed by atoms with E-state index >= 15 is 0 Å². The van der Waals surface area contributed by atoms with Crippen LogP contribution in [0, 0.1) is 31.6 Å². The first-order valence-electron chi connectivity index (χ1n) is 12.9. The Morgan fingerprint density at radius 3 is 2.16 bits per heavy atom. The third-order valence-electron chi connectivity index (χ3n) is 9.40. The molecule has 0 N–H and O–H groups in total. The zero-order chi connectivity index (χ0) is 22.2. The van der Waals surface area contributed by atoms with E-state index in [9.17, 15) is 0 Å². The van der Waals surface area contributed by atoms with Crippen molar-refractivity contribution in [3.63, 3.8) is 0 Å². The normalized spacial score (nSPS) is 28.8. The highest BCUT2D eigenvalue weighted by molar-refractivity contribution is 5.94. The van der Waals surface area contributed by atoms with Crippen molar-refractivity contribution in [3.05, 3.63) is 64.8 Å². The fourth-order valence-electron chi connectivity index (χ4n) is 7.97. The van der Waals surface area contributed by atoms with Crippen LogP contribution < -0.4 is 4.57 Å². The largest absolute Gasteiger partial charge is 0.220 e. The van der Waals surface area contributed by atoms with Gasteiger partial charge in [0.15, 0.2) is 6.20 Å². The van der Waals surface area contributed by atoms with Crippen molar-refractivity contribution in [3.8, 4) is 11.3 Å². The molecule has 4 aliphatic carbocycles. The molecule has 0 spiro atoms. The zero-order valence-electron chi connectivity index (χ0n) is 20.5. The van der Waals surface area contributed by atoms with Gasteiger partial charge in [-0.05, 0) is 121 Å². The predicted octanol–water partition coefficient (Wildman–Crippen LogP) is 7.54. The molecule has 0 unspecified atom stereocenters. The van der Waals surface area contributed by atoms with E-state index in [1.807, 2.05) is 0 Å². The summed E-state index contributed by atoms with van der Waals surface area (Å²) in [7, 11) is 2.21. The summed E-state index contributed by atoms with van der Waals surface area (Å²) in [6, 6.07) is 14.7. The molecule has 4 bridgehead atoms. The predicted molar refractivity (Wildman–Crippen MR) is 134 cm³/mol. The Morgan fingerprint density at radius 2 is 1.53 bits per heavy atom. The molecule has 4 saturated carbocycles. The average Bonchev–Trinajstić information content (AvgIpc) is 2.74. The molecule has 1 heterocycles. The van der Waals surface area contributed by atoms with E-state index in [-0.39, 0.29) is 0 Å². The van der Waals surface area contributed by atoms with Gasteiger partial charge < -0.3 is 0 Å². The first kappa shape index (κ1) is 20.5. The van der Waals surface area contributed by atoms with Gasteiger partial charge in [0.05, 0.1) is 10.9 Å². The molecule has 3 aromatic rings. The summed E-state index contributed by atoms with van der Waals surface area (Å²) in [6.07, 6.45) is 11.1. The van der Waals surface area contributed by atoms with Gasteiger partial charge in [0.25, 0.3) is 0 Å². The van der Waals surface area contributed by atoms with E-state index < -0.39 is 0 Å². The number of rotatable bonds is 3. The summed E-state index contributed by atoms with van der Waals surface area (Å²) in [4.78, 5) is 0. The van der Waals surface area contributed by atoms with E-state index in [1.165, 1.54) is 77.2 Å². The number of fused-ring (bicyclic) bond motifs is 1. The molecular weight excluding hydrogens is 386 g/mol. The van der Waals surface area contributed by atoms with Crippen LogP contribution in [0.25, 0.3) is 22.0 Å². The fourth-order valence-corrected chi connectivity index (χ4v) is 7.97. The van der Waals surface area contributed by atoms with Crippen molar-refractivity contribution >= 4 is 10.8 Å². The van der Waals surface area contributed by atoms with E-state index in [1.54, 1.807) is 5.56 Å². The minimum Gasteiger partial charge on any atom is -0.200 e. The van der Waals surface area contributed by atoms with E-state index in [0.29, 0.717) is 11.3 Å². The Morgan fingerprint density at radius 1 is 0.875 bits per heavy atom. The molecule has 0 aliphatic heterocycles. The van der Waals surface area contributed by atoms with Crippen LogP contribution in [0.3, 0.4) is 0 Å². The van der Waals surface area contributed by atoms with Crippen LogP contribution in [0.1, 0.15) is 80.5 Å². The fraction of sp³-hybridized carbons (Fsp3) is 0.516. The highest BCUT2D eigenvalue weighted by atomic mass is 14.9. The molecule has 166 valence electrons. The highest BCUT2D eigenvalue weighted by Gasteiger charge is 2.51. The second-order valence-corrected chi connectivity index (χ2v) is 11.9. The van der Waals surface area contributed by atoms with Gasteiger partial charge in [0, 0.05) is 6.07 Å². The number of hydrogen-bond acceptors (Lipinski definition) is 0. The van der Waals surface area contributed by atoms with E-state index in [2.05, 4.69) is 81.9 Å². The van der Waals surface area contributed by atoms with Crippen molar-refractivity contribution in [2.24, 2.45) is 24.8 Å². The van der Waals surface area contributed by atoms with Gasteiger partial charge in [0.1, 0.15) is 7.05 Å². The third-order valence-corrected chi connectivity index (χ3v) is 9.40. The second-order valence-electron chi connectivity index (χ2n) is 11.9. The van der Waals surface area contributed by atoms with Gasteiger partial charge in [-0.2, -0.15) is 0 Å². The molecule has 1 heteroatoms. The van der Waals surface area contributed by atoms with Gasteiger partial charge in [-0.15, -0.1) is 0 Å². The van der Waals surface area contributed by atoms with Crippen molar-refractivity contribution in [1.82, 2.24) is 0 Å². The van der Waals surface area contributed by atoms with Crippen molar-refractivity contribution in [1.29, 1.82) is 0 Å². The van der Waals surface area contributed by atoms with E-state index in [0.717, 1.165) is 17.8 Å². The van der Waals surface area contributed by atoms with Crippen LogP contribution in [0.15, 0.2) is 42.6 Å². The van der Waals surface area contributed by atoms with Gasteiger partial charge in [-0.25, -0.2) is 4.57 Å². The van der Waals surface area contributed by atoms with Crippen molar-refractivity contribution < 1.29 is 4.57 Å². The van der Waals surface area contributed by atoms with Gasteiger partial charge in [0.2, 0.25) is 5.69 Å². The third kappa shape index (κ3) is 3.07. The maximum atomic E-state index is 2.57. The number of aromatic nitrogens is 1. The molecule has 1 aromatic heterocycles. The van der Waals surface area contributed by atoms with Crippen LogP contribution in [0.2, 0.25) is 0 Å². The second kappa shape index (κ2) is 7.17. The van der Waals surface area contributed by atoms with Crippen molar-refractivity contribution in [2.45, 2.75) is 77.6 Å². The first-order chi connectivity index (χ1) is 15.3. The molecule has 0 amide bonds. The Hall–Kier alpha value is -2.15. The van der Waals surface area contributed by atoms with Crippen LogP contribution >= 0.6 is 0 Å². The van der Waals surface area contributed by atoms with Gasteiger partial charge >= 0.3 is 0 Å². The molecule has 2 aromatic carbocycles. The molecule has 32 heavy (non-hydrogen) atoms. The van der Waals surface area contributed by atoms with Crippen molar-refractivity contribution in [2.75, 3.05) is 0 Å². The summed E-state index contributed by atoms with van der Waals surface area (Å²) < 4.78 is 2.33. The topological polar surface area (TPSA) is 3.88 Å². The molecule has 7 rings (SSSR count). The number of nitrogens with zero attached hydrogens (tertiary/aromatic N) is 1. The average molecular weight is 425 g/mol. The minimum absolute atomic E-state index is 0.463. The molecule has 4 aliphatic rings. The lowest BCUT2D eigenvalue weighted by atomic mass is 9.48. The molecular formula is C31H38N+. The zero-order valence-corrected chi connectivity index (χ0v) is 20.5. The summed E-state index contributed by atoms with van der Waals surface area (Å²) in [5.74, 6) is 3.51. The standard InChI is InChI=1S/C31H38N/c1-19(2)26-10-20(3)21(4)29(15-26)30-28-7-6-27(14-25(28)8-9-32(30)5)31-16-22-11-23(17-31)13-24(12-22)18-31/h6-10,14-15,19,22-24H,11-13,16-18H2,1-5H3/q+1. The Kier molecular flexibility index (Phi) is 4.59. The summed E-state index contributed by atoms with van der Waals surface area (Å²) in [5.41, 5.74) is 9.09. The number of hydrogen-bond donors (Lipinski definition) is 0. The first-order valence-corrected chi connectivity index (χ1v) is 12.9. The van der Waals surface area contributed by atoms with Gasteiger partial charge in [-0.3, -0.25) is 0 Å². The summed E-state index contributed by atoms with van der Waals surface area (Å²) in [5, 5.41) is 2.81. The lowest BCUT2D eigenvalue weighted by Gasteiger charge is -2.57. The molecule has 1 nitrogen and oxygen atoms in total. The van der Waals surface area contributed by atoms with Gasteiger partial charge in [-0.1, -0.05) is 32.0 Å². The maximum absolute atomic E-state index is 2.57. The summed E-state index contributed by atoms with van der Waals surface area (Å²) >= 11 is 0. The lowest BCUT2D eigenvalue weighted by Crippen LogP contribution is -2.48. The summed E-state index contributed by atoms with van der Waals surface area (Å²) in [6.45, 7) is 9.15. The van der Waals surface area contributed by atoms with Crippen LogP contribution in [-0.4, -0.2) is 0 Å². The maximum Gasteiger partial charge on any atom is 0.220 e. The number of benzene rings is 2. The molecule has 0 atom stereocenters. The smallest absolute Gasteiger partial charge is 0.200 e. The molecule has 0 radical (unpaired) electrons. The highest BCUT2D eigenvalue weighted by Crippen LogP contribution is 2.60. The van der Waals surface area contributed by atoms with Crippen LogP contribution in [0.4, 0.5) is 0 Å². The SMILES string of the molecule is Cc1cc(C(C)C)cc(-c2c3ccc(C45CC6CC(CC(C6)C4)C5)cc3cc[n+]2C)c1C. The Balaban J connectivity index is 1.50.